The van der Waals surface area contributed by atoms with E-state index in [-0.39, 0.29) is 45.1 Å². The maximum absolute atomic E-state index is 14.8. The molecular formula is C39H48ClIN5O5S-. The summed E-state index contributed by atoms with van der Waals surface area (Å²) in [5.74, 6) is -0.0802. The number of hydrogen-bond acceptors (Lipinski definition) is 7. The minimum absolute atomic E-state index is 0.0308. The van der Waals surface area contributed by atoms with Gasteiger partial charge in [-0.3, -0.25) is 4.68 Å². The number of nitrogens with zero attached hydrogens (tertiary/aromatic N) is 4. The fraction of sp³-hybridized carbons (Fsp3) is 0.513. The zero-order valence-electron chi connectivity index (χ0n) is 30.2. The Kier molecular flexibility index (Phi) is 11.1. The van der Waals surface area contributed by atoms with Crippen LogP contribution in [0.3, 0.4) is 0 Å². The molecule has 1 aliphatic carbocycles. The molecule has 1 spiro atoms. The van der Waals surface area contributed by atoms with Crippen LogP contribution < -0.4 is 35.6 Å². The Morgan fingerprint density at radius 2 is 2.06 bits per heavy atom. The second-order valence-corrected chi connectivity index (χ2v) is 20.8. The number of rotatable bonds is 5. The first-order valence-corrected chi connectivity index (χ1v) is 22.9. The summed E-state index contributed by atoms with van der Waals surface area (Å²) in [4.78, 5) is 29.9. The molecule has 2 amide bonds. The molecule has 2 bridgehead atoms. The van der Waals surface area contributed by atoms with Gasteiger partial charge in [0.1, 0.15) is 0 Å². The fourth-order valence-corrected chi connectivity index (χ4v) is 13.7. The van der Waals surface area contributed by atoms with Gasteiger partial charge in [-0.1, -0.05) is 0 Å². The maximum atomic E-state index is 14.8. The van der Waals surface area contributed by atoms with Crippen LogP contribution in [0.25, 0.3) is 0 Å². The van der Waals surface area contributed by atoms with Crippen LogP contribution in [-0.2, 0) is 44.8 Å². The molecule has 1 aromatic heterocycles. The molecule has 1 fully saturated rings. The quantitative estimate of drug-likeness (QED) is 0.239. The second kappa shape index (κ2) is 15.4. The molecular weight excluding hydrogens is 813 g/mol. The topological polar surface area (TPSA) is 115 Å². The van der Waals surface area contributed by atoms with Crippen molar-refractivity contribution in [1.82, 2.24) is 14.5 Å². The van der Waals surface area contributed by atoms with E-state index in [4.69, 9.17) is 21.1 Å². The molecule has 4 heterocycles. The van der Waals surface area contributed by atoms with Gasteiger partial charge >= 0.3 is 283 Å². The summed E-state index contributed by atoms with van der Waals surface area (Å²) >= 11 is 6.43. The molecule has 1 N–H and O–H groups in total. The van der Waals surface area contributed by atoms with E-state index in [0.717, 1.165) is 54.5 Å². The Labute approximate surface area is 322 Å². The summed E-state index contributed by atoms with van der Waals surface area (Å²) in [6.07, 6.45) is 10.0. The molecule has 3 aromatic rings. The third kappa shape index (κ3) is 7.54. The van der Waals surface area contributed by atoms with Crippen LogP contribution >= 0.6 is 11.6 Å². The Hall–Kier alpha value is -2.94. The van der Waals surface area contributed by atoms with Gasteiger partial charge in [0.2, 0.25) is 0 Å². The number of carbonyl (C=O) groups excluding carboxylic acids is 2. The molecule has 3 aliphatic heterocycles. The molecule has 52 heavy (non-hydrogen) atoms. The zero-order chi connectivity index (χ0) is 36.6. The number of fused-ring (bicyclic) bond motifs is 4. The molecule has 7 atom stereocenters. The van der Waals surface area contributed by atoms with E-state index in [1.807, 2.05) is 45.2 Å². The summed E-state index contributed by atoms with van der Waals surface area (Å²) in [5.41, 5.74) is 4.36. The van der Waals surface area contributed by atoms with E-state index in [1.165, 1.54) is 15.6 Å². The summed E-state index contributed by atoms with van der Waals surface area (Å²) < 4.78 is 38.1. The summed E-state index contributed by atoms with van der Waals surface area (Å²) in [5, 5.41) is 4.31. The third-order valence-corrected chi connectivity index (χ3v) is 18.1. The zero-order valence-corrected chi connectivity index (χ0v) is 34.0. The Morgan fingerprint density at radius 3 is 2.81 bits per heavy atom. The third-order valence-electron chi connectivity index (χ3n) is 11.5. The Balaban J connectivity index is 1.28. The van der Waals surface area contributed by atoms with E-state index < -0.39 is 27.0 Å². The number of alkyl halides is 2. The van der Waals surface area contributed by atoms with Gasteiger partial charge in [0.25, 0.3) is 0 Å². The van der Waals surface area contributed by atoms with Crippen LogP contribution in [0, 0.1) is 11.8 Å². The predicted octanol–water partition coefficient (Wildman–Crippen LogP) is 2.91. The van der Waals surface area contributed by atoms with Crippen molar-refractivity contribution in [3.05, 3.63) is 88.2 Å². The van der Waals surface area contributed by atoms with E-state index in [2.05, 4.69) is 43.4 Å². The second-order valence-electron chi connectivity index (χ2n) is 14.8. The van der Waals surface area contributed by atoms with E-state index in [1.54, 1.807) is 24.1 Å². The monoisotopic (exact) mass is 860 g/mol. The molecule has 7 rings (SSSR count). The average Bonchev–Trinajstić information content (AvgIpc) is 3.46. The van der Waals surface area contributed by atoms with Gasteiger partial charge in [-0.25, -0.2) is 0 Å². The van der Waals surface area contributed by atoms with Crippen molar-refractivity contribution in [1.29, 1.82) is 0 Å². The van der Waals surface area contributed by atoms with Crippen LogP contribution in [-0.4, -0.2) is 72.3 Å². The van der Waals surface area contributed by atoms with Crippen molar-refractivity contribution in [3.63, 3.8) is 0 Å². The number of hydrogen-bond donors (Lipinski definition) is 1. The number of anilines is 1. The molecule has 0 saturated carbocycles. The molecule has 2 aromatic carbocycles. The molecule has 1 unspecified atom stereocenters. The molecule has 1 saturated heterocycles. The van der Waals surface area contributed by atoms with Crippen molar-refractivity contribution in [2.45, 2.75) is 73.1 Å². The van der Waals surface area contributed by atoms with Gasteiger partial charge in [0.05, 0.1) is 0 Å². The standard InChI is InChI=1S/C39H48ClIN5O5S/c1-25-7-5-9-35(50-4)31-21-41-33(31)22-46-23-39(17-6-8-27-19-29(40)11-13-32(27)39)24-51-36-14-10-28(20-34(36)46)38(48)44-52(49,26(25)2)43-37(47)15-12-30-16-18-42-45(30)3/h5,9-11,13-14,16,18-20,25-26,31,33,35H,6-8,12,15,17,21-24H2,1-4H3,(H,43,44,47,48,49)/q-1/b9-5+/t25-,26+,31+,33-,35-,39-,52?/m0/s1. The van der Waals surface area contributed by atoms with Gasteiger partial charge in [0.15, 0.2) is 0 Å². The van der Waals surface area contributed by atoms with Gasteiger partial charge < -0.3 is 0 Å². The Morgan fingerprint density at radius 1 is 1.21 bits per heavy atom. The number of allylic oxidation sites excluding steroid dienone is 1. The van der Waals surface area contributed by atoms with Crippen LogP contribution in [0.1, 0.15) is 66.7 Å². The van der Waals surface area contributed by atoms with Crippen molar-refractivity contribution in [3.8, 4) is 5.75 Å². The number of amides is 2. The van der Waals surface area contributed by atoms with Crippen LogP contribution in [0.2, 0.25) is 5.02 Å². The van der Waals surface area contributed by atoms with Crippen molar-refractivity contribution >= 4 is 39.0 Å². The first-order valence-electron chi connectivity index (χ1n) is 18.1. The number of methoxy groups -OCH3 is 1. The number of carbonyl (C=O) groups is 2. The number of aromatic nitrogens is 2. The van der Waals surface area contributed by atoms with Crippen LogP contribution in [0.5, 0.6) is 5.75 Å². The summed E-state index contributed by atoms with van der Waals surface area (Å²) in [6.45, 7) is 5.89. The first-order chi connectivity index (χ1) is 25.0. The fourth-order valence-electron chi connectivity index (χ4n) is 8.06. The predicted molar refractivity (Wildman–Crippen MR) is 200 cm³/mol. The summed E-state index contributed by atoms with van der Waals surface area (Å²) in [7, 11) is 0.0661. The van der Waals surface area contributed by atoms with E-state index in [9.17, 15) is 13.8 Å². The van der Waals surface area contributed by atoms with Crippen LogP contribution in [0.4, 0.5) is 5.69 Å². The average molecular weight is 861 g/mol. The molecule has 0 radical (unpaired) electrons. The number of halogens is 2. The Bertz CT molecular complexity index is 1990. The van der Waals surface area contributed by atoms with Crippen LogP contribution in [0.15, 0.2) is 65.2 Å². The molecule has 4 aliphatic rings. The van der Waals surface area contributed by atoms with Gasteiger partial charge in [-0.15, -0.1) is 0 Å². The van der Waals surface area contributed by atoms with Crippen molar-refractivity contribution < 1.29 is 44.5 Å². The molecule has 280 valence electrons. The van der Waals surface area contributed by atoms with E-state index in [0.29, 0.717) is 34.9 Å². The van der Waals surface area contributed by atoms with Crippen molar-refractivity contribution in [2.24, 2.45) is 23.2 Å². The van der Waals surface area contributed by atoms with Gasteiger partial charge in [-0.2, -0.15) is 5.10 Å². The minimum atomic E-state index is -3.54. The SMILES string of the molecule is CO[C@H]1/C=C/C[C@H](C)[C@@H](C)S(=O)(NC(=O)CCc2ccnn2C)=NC(=O)c2ccc3c(c2)N(C[C@@H]2[I-]C[C@@H]12)C[C@@]1(CCCc2cc(Cl)ccc21)CO3. The first kappa shape index (κ1) is 37.4. The van der Waals surface area contributed by atoms with Crippen molar-refractivity contribution in [2.75, 3.05) is 36.1 Å². The molecule has 13 heteroatoms. The van der Waals surface area contributed by atoms with Gasteiger partial charge in [-0.05, 0) is 12.5 Å². The number of nitrogens with one attached hydrogen (secondary N) is 1. The van der Waals surface area contributed by atoms with E-state index >= 15 is 0 Å². The van der Waals surface area contributed by atoms with Gasteiger partial charge in [0, 0.05) is 18.9 Å². The normalized spacial score (nSPS) is 31.1. The summed E-state index contributed by atoms with van der Waals surface area (Å²) in [6, 6.07) is 13.5. The molecule has 10 nitrogen and oxygen atoms in total. The number of benzene rings is 2. The number of ether oxygens (including phenoxy) is 2. The number of aryl methyl sites for hydroxylation is 3.